The van der Waals surface area contributed by atoms with Gasteiger partial charge in [0.25, 0.3) is 0 Å². The van der Waals surface area contributed by atoms with E-state index in [1.54, 1.807) is 23.0 Å². The molecule has 146 valence electrons. The van der Waals surface area contributed by atoms with Gasteiger partial charge in [0, 0.05) is 18.1 Å². The van der Waals surface area contributed by atoms with E-state index in [-0.39, 0.29) is 29.8 Å². The lowest BCUT2D eigenvalue weighted by Gasteiger charge is -2.09. The van der Waals surface area contributed by atoms with Crippen LogP contribution in [0, 0.1) is 12.7 Å². The van der Waals surface area contributed by atoms with Crippen molar-refractivity contribution in [3.05, 3.63) is 77.1 Å². The van der Waals surface area contributed by atoms with Gasteiger partial charge in [-0.15, -0.1) is 24.0 Å². The molecule has 0 amide bonds. The molecule has 1 aliphatic carbocycles. The number of fused-ring (bicyclic) bond motifs is 1. The molecule has 2 aromatic carbocycles. The van der Waals surface area contributed by atoms with Crippen LogP contribution in [0.15, 0.2) is 53.8 Å². The molecule has 1 heterocycles. The van der Waals surface area contributed by atoms with E-state index < -0.39 is 0 Å². The van der Waals surface area contributed by atoms with E-state index in [4.69, 9.17) is 5.73 Å². The molecule has 0 saturated heterocycles. The zero-order valence-electron chi connectivity index (χ0n) is 15.7. The largest absolute Gasteiger partial charge is 0.370 e. The number of rotatable bonds is 4. The Morgan fingerprint density at radius 2 is 2.04 bits per heavy atom. The lowest BCUT2D eigenvalue weighted by molar-refractivity contribution is 0.614. The first-order valence-corrected chi connectivity index (χ1v) is 9.07. The highest BCUT2D eigenvalue weighted by molar-refractivity contribution is 14.0. The number of halogens is 2. The van der Waals surface area contributed by atoms with Gasteiger partial charge >= 0.3 is 0 Å². The number of imidazole rings is 1. The van der Waals surface area contributed by atoms with E-state index in [0.717, 1.165) is 29.9 Å². The Kier molecular flexibility index (Phi) is 6.33. The first-order chi connectivity index (χ1) is 13.1. The minimum Gasteiger partial charge on any atom is -0.370 e. The maximum atomic E-state index is 14.4. The zero-order chi connectivity index (χ0) is 18.8. The average molecular weight is 491 g/mol. The first kappa shape index (κ1) is 20.3. The standard InChI is InChI=1S/C21H22FN5.HI/c1-14-24-9-10-27(14)20-8-5-15(11-19(20)22)13-25-21(23)26-18-7-6-16-3-2-4-17(16)12-18;/h5-12H,2-4,13H2,1H3,(H3,23,25,26);1H. The van der Waals surface area contributed by atoms with Crippen molar-refractivity contribution in [2.24, 2.45) is 10.7 Å². The van der Waals surface area contributed by atoms with Crippen LogP contribution in [0.5, 0.6) is 0 Å². The third kappa shape index (κ3) is 4.35. The molecule has 0 aliphatic heterocycles. The highest BCUT2D eigenvalue weighted by Gasteiger charge is 2.11. The van der Waals surface area contributed by atoms with Crippen LogP contribution in [-0.4, -0.2) is 15.5 Å². The Morgan fingerprint density at radius 1 is 1.21 bits per heavy atom. The molecule has 0 saturated carbocycles. The number of hydrogen-bond donors (Lipinski definition) is 2. The third-order valence-electron chi connectivity index (χ3n) is 4.90. The fourth-order valence-electron chi connectivity index (χ4n) is 3.49. The quantitative estimate of drug-likeness (QED) is 0.324. The summed E-state index contributed by atoms with van der Waals surface area (Å²) in [5.41, 5.74) is 11.0. The predicted molar refractivity (Wildman–Crippen MR) is 121 cm³/mol. The van der Waals surface area contributed by atoms with Crippen molar-refractivity contribution in [2.75, 3.05) is 5.32 Å². The van der Waals surface area contributed by atoms with E-state index in [9.17, 15) is 4.39 Å². The van der Waals surface area contributed by atoms with Crippen LogP contribution in [0.3, 0.4) is 0 Å². The van der Waals surface area contributed by atoms with E-state index >= 15 is 0 Å². The molecule has 7 heteroatoms. The number of benzene rings is 2. The fraction of sp³-hybridized carbons (Fsp3) is 0.238. The number of aryl methyl sites for hydroxylation is 3. The maximum Gasteiger partial charge on any atom is 0.193 e. The van der Waals surface area contributed by atoms with E-state index in [0.29, 0.717) is 18.2 Å². The number of anilines is 1. The highest BCUT2D eigenvalue weighted by Crippen LogP contribution is 2.24. The van der Waals surface area contributed by atoms with Gasteiger partial charge in [-0.25, -0.2) is 14.4 Å². The Morgan fingerprint density at radius 3 is 2.79 bits per heavy atom. The van der Waals surface area contributed by atoms with Crippen molar-refractivity contribution >= 4 is 35.6 Å². The van der Waals surface area contributed by atoms with Crippen LogP contribution in [0.25, 0.3) is 5.69 Å². The lowest BCUT2D eigenvalue weighted by Crippen LogP contribution is -2.22. The Hall–Kier alpha value is -2.42. The molecular weight excluding hydrogens is 468 g/mol. The number of aliphatic imine (C=N–C) groups is 1. The third-order valence-corrected chi connectivity index (χ3v) is 4.90. The van der Waals surface area contributed by atoms with E-state index in [1.807, 2.05) is 19.1 Å². The van der Waals surface area contributed by atoms with Gasteiger partial charge < -0.3 is 15.6 Å². The Bertz CT molecular complexity index is 1010. The minimum atomic E-state index is -0.311. The summed E-state index contributed by atoms with van der Waals surface area (Å²) in [7, 11) is 0. The minimum absolute atomic E-state index is 0. The Labute approximate surface area is 180 Å². The number of nitrogens with one attached hydrogen (secondary N) is 1. The molecule has 0 unspecified atom stereocenters. The van der Waals surface area contributed by atoms with Crippen LogP contribution in [0.2, 0.25) is 0 Å². The number of guanidine groups is 1. The van der Waals surface area contributed by atoms with Crippen molar-refractivity contribution in [3.8, 4) is 5.69 Å². The normalized spacial score (nSPS) is 13.1. The molecular formula is C21H23FIN5. The fourth-order valence-corrected chi connectivity index (χ4v) is 3.49. The van der Waals surface area contributed by atoms with Crippen molar-refractivity contribution in [3.63, 3.8) is 0 Å². The lowest BCUT2D eigenvalue weighted by atomic mass is 10.1. The molecule has 28 heavy (non-hydrogen) atoms. The SMILES string of the molecule is Cc1nccn1-c1ccc(CN=C(N)Nc2ccc3c(c2)CCC3)cc1F.I. The maximum absolute atomic E-state index is 14.4. The van der Waals surface area contributed by atoms with Gasteiger partial charge in [-0.1, -0.05) is 12.1 Å². The molecule has 4 rings (SSSR count). The summed E-state index contributed by atoms with van der Waals surface area (Å²) in [6, 6.07) is 11.4. The van der Waals surface area contributed by atoms with Crippen molar-refractivity contribution in [2.45, 2.75) is 32.7 Å². The molecule has 0 radical (unpaired) electrons. The van der Waals surface area contributed by atoms with E-state index in [2.05, 4.69) is 27.4 Å². The first-order valence-electron chi connectivity index (χ1n) is 9.07. The zero-order valence-corrected chi connectivity index (χ0v) is 18.0. The second-order valence-corrected chi connectivity index (χ2v) is 6.79. The van der Waals surface area contributed by atoms with Crippen molar-refractivity contribution < 1.29 is 4.39 Å². The van der Waals surface area contributed by atoms with Gasteiger partial charge in [0.15, 0.2) is 5.96 Å². The topological polar surface area (TPSA) is 68.2 Å². The van der Waals surface area contributed by atoms with Gasteiger partial charge in [-0.05, 0) is 67.1 Å². The molecule has 0 fully saturated rings. The van der Waals surface area contributed by atoms with Crippen LogP contribution in [0.4, 0.5) is 10.1 Å². The molecule has 0 spiro atoms. The second-order valence-electron chi connectivity index (χ2n) is 6.79. The predicted octanol–water partition coefficient (Wildman–Crippen LogP) is 4.35. The summed E-state index contributed by atoms with van der Waals surface area (Å²) in [4.78, 5) is 8.46. The second kappa shape index (κ2) is 8.72. The molecule has 0 bridgehead atoms. The monoisotopic (exact) mass is 491 g/mol. The summed E-state index contributed by atoms with van der Waals surface area (Å²) in [5.74, 6) is 0.749. The summed E-state index contributed by atoms with van der Waals surface area (Å²) in [6.07, 6.45) is 6.87. The van der Waals surface area contributed by atoms with Crippen LogP contribution in [-0.2, 0) is 19.4 Å². The summed E-state index contributed by atoms with van der Waals surface area (Å²) in [6.45, 7) is 2.15. The van der Waals surface area contributed by atoms with E-state index in [1.165, 1.54) is 23.6 Å². The van der Waals surface area contributed by atoms with Crippen molar-refractivity contribution in [1.29, 1.82) is 0 Å². The number of nitrogens with two attached hydrogens (primary N) is 1. The van der Waals surface area contributed by atoms with Gasteiger partial charge in [0.2, 0.25) is 0 Å². The molecule has 1 aliphatic rings. The molecule has 0 atom stereocenters. The van der Waals surface area contributed by atoms with Crippen LogP contribution >= 0.6 is 24.0 Å². The molecule has 5 nitrogen and oxygen atoms in total. The summed E-state index contributed by atoms with van der Waals surface area (Å²) < 4.78 is 16.2. The number of nitrogens with zero attached hydrogens (tertiary/aromatic N) is 3. The number of aromatic nitrogens is 2. The van der Waals surface area contributed by atoms with Gasteiger partial charge in [0.05, 0.1) is 12.2 Å². The van der Waals surface area contributed by atoms with Crippen molar-refractivity contribution in [1.82, 2.24) is 9.55 Å². The van der Waals surface area contributed by atoms with Crippen LogP contribution < -0.4 is 11.1 Å². The van der Waals surface area contributed by atoms with Gasteiger partial charge in [0.1, 0.15) is 11.6 Å². The average Bonchev–Trinajstić information content (AvgIpc) is 3.28. The Balaban J connectivity index is 0.00000225. The smallest absolute Gasteiger partial charge is 0.193 e. The van der Waals surface area contributed by atoms with Gasteiger partial charge in [-0.3, -0.25) is 0 Å². The molecule has 3 aromatic rings. The molecule has 1 aromatic heterocycles. The van der Waals surface area contributed by atoms with Gasteiger partial charge in [-0.2, -0.15) is 0 Å². The highest BCUT2D eigenvalue weighted by atomic mass is 127. The molecule has 3 N–H and O–H groups in total. The summed E-state index contributed by atoms with van der Waals surface area (Å²) in [5, 5.41) is 3.12. The van der Waals surface area contributed by atoms with Crippen LogP contribution in [0.1, 0.15) is 28.9 Å². The number of hydrogen-bond acceptors (Lipinski definition) is 2. The summed E-state index contributed by atoms with van der Waals surface area (Å²) >= 11 is 0.